The van der Waals surface area contributed by atoms with E-state index in [2.05, 4.69) is 21.0 Å². The van der Waals surface area contributed by atoms with Crippen LogP contribution in [0.3, 0.4) is 0 Å². The van der Waals surface area contributed by atoms with Crippen LogP contribution in [0, 0.1) is 19.8 Å². The van der Waals surface area contributed by atoms with Crippen LogP contribution in [0.4, 0.5) is 0 Å². The molecule has 0 spiro atoms. The van der Waals surface area contributed by atoms with Crippen LogP contribution in [-0.4, -0.2) is 93.5 Å². The number of aryl methyl sites for hydroxylation is 2. The van der Waals surface area contributed by atoms with E-state index in [0.29, 0.717) is 25.1 Å². The summed E-state index contributed by atoms with van der Waals surface area (Å²) in [5.74, 6) is -1.94. The molecule has 0 saturated carbocycles. The van der Waals surface area contributed by atoms with E-state index >= 15 is 0 Å². The fraction of sp³-hybridized carbons (Fsp3) is 0.459. The van der Waals surface area contributed by atoms with E-state index in [-0.39, 0.29) is 37.3 Å². The predicted molar refractivity (Wildman–Crippen MR) is 186 cm³/mol. The van der Waals surface area contributed by atoms with Gasteiger partial charge in [-0.15, -0.1) is 0 Å². The van der Waals surface area contributed by atoms with Gasteiger partial charge >= 0.3 is 0 Å². The van der Waals surface area contributed by atoms with Gasteiger partial charge in [0.25, 0.3) is 5.91 Å². The monoisotopic (exact) mass is 685 g/mol. The molecule has 3 aliphatic rings. The number of hydrogen-bond acceptors (Lipinski definition) is 7. The lowest BCUT2D eigenvalue weighted by Gasteiger charge is -2.31. The molecule has 5 amide bonds. The minimum absolute atomic E-state index is 0.170. The van der Waals surface area contributed by atoms with E-state index < -0.39 is 41.9 Å². The predicted octanol–water partition coefficient (Wildman–Crippen LogP) is 2.20. The molecule has 1 saturated heterocycles. The first-order valence-electron chi connectivity index (χ1n) is 17.1. The molecule has 266 valence electrons. The fourth-order valence-electron chi connectivity index (χ4n) is 6.48. The number of carbonyl (C=O) groups is 5. The van der Waals surface area contributed by atoms with Crippen LogP contribution in [-0.2, 0) is 36.9 Å². The average Bonchev–Trinajstić information content (AvgIpc) is 3.71. The molecule has 3 aliphatic heterocycles. The smallest absolute Gasteiger partial charge is 0.258 e. The van der Waals surface area contributed by atoms with Crippen LogP contribution in [0.1, 0.15) is 56.1 Å². The van der Waals surface area contributed by atoms with Crippen molar-refractivity contribution < 1.29 is 28.7 Å². The molecule has 3 aromatic rings. The van der Waals surface area contributed by atoms with Crippen molar-refractivity contribution in [3.05, 3.63) is 77.1 Å². The lowest BCUT2D eigenvalue weighted by atomic mass is 10.0. The summed E-state index contributed by atoms with van der Waals surface area (Å²) in [6.07, 6.45) is 1.20. The molecule has 2 bridgehead atoms. The molecule has 13 nitrogen and oxygen atoms in total. The Bertz CT molecular complexity index is 1740. The third-order valence-corrected chi connectivity index (χ3v) is 9.15. The molecule has 4 heterocycles. The van der Waals surface area contributed by atoms with E-state index in [1.807, 2.05) is 62.7 Å². The van der Waals surface area contributed by atoms with Crippen molar-refractivity contribution in [2.24, 2.45) is 5.92 Å². The molecule has 3 N–H and O–H groups in total. The summed E-state index contributed by atoms with van der Waals surface area (Å²) >= 11 is 0. The molecule has 4 atom stereocenters. The van der Waals surface area contributed by atoms with Crippen LogP contribution in [0.5, 0.6) is 5.75 Å². The highest BCUT2D eigenvalue weighted by atomic mass is 16.5. The fourth-order valence-corrected chi connectivity index (χ4v) is 6.48. The van der Waals surface area contributed by atoms with Crippen molar-refractivity contribution in [1.82, 2.24) is 35.5 Å². The molecular weight excluding hydrogens is 638 g/mol. The number of rotatable bonds is 5. The molecule has 2 aromatic carbocycles. The molecular formula is C37H47N7O6. The van der Waals surface area contributed by atoms with Crippen LogP contribution >= 0.6 is 0 Å². The Morgan fingerprint density at radius 1 is 1.00 bits per heavy atom. The molecule has 6 rings (SSSR count). The van der Waals surface area contributed by atoms with Crippen LogP contribution < -0.4 is 20.7 Å². The quantitative estimate of drug-likeness (QED) is 0.372. The number of fused-ring (bicyclic) bond motifs is 13. The van der Waals surface area contributed by atoms with E-state index in [0.717, 1.165) is 28.2 Å². The first-order valence-corrected chi connectivity index (χ1v) is 17.1. The van der Waals surface area contributed by atoms with E-state index in [1.54, 1.807) is 43.1 Å². The SMILES string of the molecule is Cc1cc(C)n(-c2cccc(CN(C)C(=O)[C@@H]3Cc4ccc(cc4)OCC(=O)N[C@H](C(C)C)C(=O)N4CCC[C@H]4C(=O)N[C@@H](C)C(=O)N3)c2)n1. The highest BCUT2D eigenvalue weighted by Gasteiger charge is 2.39. The minimum atomic E-state index is -0.989. The lowest BCUT2D eigenvalue weighted by molar-refractivity contribution is -0.143. The maximum Gasteiger partial charge on any atom is 0.258 e. The van der Waals surface area contributed by atoms with Gasteiger partial charge in [0.15, 0.2) is 6.61 Å². The number of nitrogens with one attached hydrogen (secondary N) is 3. The van der Waals surface area contributed by atoms with Crippen molar-refractivity contribution >= 4 is 29.5 Å². The normalized spacial score (nSPS) is 22.1. The van der Waals surface area contributed by atoms with Crippen molar-refractivity contribution in [2.45, 2.75) is 84.6 Å². The van der Waals surface area contributed by atoms with Gasteiger partial charge in [-0.1, -0.05) is 38.1 Å². The van der Waals surface area contributed by atoms with Gasteiger partial charge in [-0.2, -0.15) is 5.10 Å². The minimum Gasteiger partial charge on any atom is -0.484 e. The molecule has 0 unspecified atom stereocenters. The molecule has 0 radical (unpaired) electrons. The molecule has 50 heavy (non-hydrogen) atoms. The third kappa shape index (κ3) is 8.50. The molecule has 13 heteroatoms. The van der Waals surface area contributed by atoms with Gasteiger partial charge in [-0.05, 0) is 81.0 Å². The Hall–Kier alpha value is -5.20. The van der Waals surface area contributed by atoms with E-state index in [9.17, 15) is 24.0 Å². The van der Waals surface area contributed by atoms with Crippen molar-refractivity contribution in [1.29, 1.82) is 0 Å². The summed E-state index contributed by atoms with van der Waals surface area (Å²) in [6.45, 7) is 9.45. The highest BCUT2D eigenvalue weighted by Crippen LogP contribution is 2.22. The number of benzene rings is 2. The number of hydrogen-bond donors (Lipinski definition) is 3. The van der Waals surface area contributed by atoms with Gasteiger partial charge in [-0.3, -0.25) is 24.0 Å². The summed E-state index contributed by atoms with van der Waals surface area (Å²) in [4.78, 5) is 70.6. The maximum atomic E-state index is 14.0. The topological polar surface area (TPSA) is 155 Å². The first kappa shape index (κ1) is 36.1. The van der Waals surface area contributed by atoms with Crippen molar-refractivity contribution in [3.63, 3.8) is 0 Å². The van der Waals surface area contributed by atoms with Gasteiger partial charge in [0, 0.05) is 32.3 Å². The molecule has 1 aromatic heterocycles. The third-order valence-electron chi connectivity index (χ3n) is 9.15. The summed E-state index contributed by atoms with van der Waals surface area (Å²) in [5, 5.41) is 13.0. The molecule has 1 fully saturated rings. The second-order valence-electron chi connectivity index (χ2n) is 13.6. The second-order valence-corrected chi connectivity index (χ2v) is 13.6. The Labute approximate surface area is 292 Å². The van der Waals surface area contributed by atoms with Crippen molar-refractivity contribution in [3.8, 4) is 11.4 Å². The van der Waals surface area contributed by atoms with E-state index in [1.165, 1.54) is 4.90 Å². The number of aromatic nitrogens is 2. The summed E-state index contributed by atoms with van der Waals surface area (Å²) < 4.78 is 7.57. The largest absolute Gasteiger partial charge is 0.484 e. The van der Waals surface area contributed by atoms with Crippen LogP contribution in [0.25, 0.3) is 5.69 Å². The molecule has 0 aliphatic carbocycles. The van der Waals surface area contributed by atoms with Gasteiger partial charge in [0.2, 0.25) is 23.6 Å². The van der Waals surface area contributed by atoms with Gasteiger partial charge in [0.1, 0.15) is 29.9 Å². The van der Waals surface area contributed by atoms with Gasteiger partial charge < -0.3 is 30.5 Å². The summed E-state index contributed by atoms with van der Waals surface area (Å²) in [7, 11) is 1.68. The highest BCUT2D eigenvalue weighted by molar-refractivity contribution is 5.96. The number of likely N-dealkylation sites (N-methyl/N-ethyl adjacent to an activating group) is 1. The Morgan fingerprint density at radius 2 is 1.74 bits per heavy atom. The van der Waals surface area contributed by atoms with Gasteiger partial charge in [0.05, 0.1) is 11.4 Å². The first-order chi connectivity index (χ1) is 23.8. The Morgan fingerprint density at radius 3 is 2.42 bits per heavy atom. The zero-order chi connectivity index (χ0) is 36.1. The Kier molecular flexibility index (Phi) is 11.2. The number of nitrogens with zero attached hydrogens (tertiary/aromatic N) is 4. The maximum absolute atomic E-state index is 14.0. The number of carbonyl (C=O) groups excluding carboxylic acids is 5. The van der Waals surface area contributed by atoms with Crippen molar-refractivity contribution in [2.75, 3.05) is 20.2 Å². The second kappa shape index (κ2) is 15.6. The lowest BCUT2D eigenvalue weighted by Crippen LogP contribution is -2.58. The number of amides is 5. The average molecular weight is 686 g/mol. The zero-order valence-corrected chi connectivity index (χ0v) is 29.6. The van der Waals surface area contributed by atoms with E-state index in [4.69, 9.17) is 4.74 Å². The number of ether oxygens (including phenoxy) is 1. The zero-order valence-electron chi connectivity index (χ0n) is 29.6. The van der Waals surface area contributed by atoms with Crippen LogP contribution in [0.15, 0.2) is 54.6 Å². The summed E-state index contributed by atoms with van der Waals surface area (Å²) in [5.41, 5.74) is 4.41. The Balaban J connectivity index is 1.38. The van der Waals surface area contributed by atoms with Gasteiger partial charge in [-0.25, -0.2) is 4.68 Å². The van der Waals surface area contributed by atoms with Crippen LogP contribution in [0.2, 0.25) is 0 Å². The summed E-state index contributed by atoms with van der Waals surface area (Å²) in [6, 6.07) is 13.1. The standard InChI is InChI=1S/C37H47N7O6/c1-22(2)33-37(49)43-16-8-11-31(43)35(47)38-25(5)34(46)39-30(19-26-12-14-29(15-13-26)50-21-32(45)40-33)36(48)42(6)20-27-9-7-10-28(18-27)44-24(4)17-23(3)41-44/h7,9-10,12-15,17-18,22,25,30-31,33H,8,11,16,19-21H2,1-6H3,(H,38,47)(H,39,46)(H,40,45)/t25-,30-,31-,33+/m0/s1.